The van der Waals surface area contributed by atoms with E-state index in [0.717, 1.165) is 35.7 Å². The van der Waals surface area contributed by atoms with Crippen molar-refractivity contribution in [2.45, 2.75) is 37.9 Å². The number of aryl methyl sites for hydroxylation is 2. The lowest BCUT2D eigenvalue weighted by molar-refractivity contribution is -0.113. The molecule has 0 radical (unpaired) electrons. The largest absolute Gasteiger partial charge is 0.328 e. The monoisotopic (exact) mass is 444 g/mol. The van der Waals surface area contributed by atoms with Gasteiger partial charge in [0.05, 0.1) is 5.75 Å². The van der Waals surface area contributed by atoms with Gasteiger partial charge in [-0.15, -0.1) is 10.2 Å². The van der Waals surface area contributed by atoms with Crippen LogP contribution in [0.5, 0.6) is 0 Å². The number of amides is 1. The third-order valence-corrected chi connectivity index (χ3v) is 6.53. The number of carbonyl (C=O) groups excluding carboxylic acids is 1. The van der Waals surface area contributed by atoms with Crippen molar-refractivity contribution in [3.63, 3.8) is 0 Å². The van der Waals surface area contributed by atoms with Gasteiger partial charge in [-0.1, -0.05) is 29.5 Å². The molecule has 0 atom stereocenters. The summed E-state index contributed by atoms with van der Waals surface area (Å²) in [6.45, 7) is 3.07. The van der Waals surface area contributed by atoms with Gasteiger partial charge in [-0.3, -0.25) is 9.36 Å². The third kappa shape index (κ3) is 4.31. The van der Waals surface area contributed by atoms with Crippen molar-refractivity contribution in [3.05, 3.63) is 72.3 Å². The van der Waals surface area contributed by atoms with Crippen molar-refractivity contribution in [2.24, 2.45) is 0 Å². The molecular formula is C24H24N6OS. The lowest BCUT2D eigenvalue weighted by Gasteiger charge is -2.16. The van der Waals surface area contributed by atoms with Crippen LogP contribution in [0.25, 0.3) is 17.1 Å². The Morgan fingerprint density at radius 3 is 2.72 bits per heavy atom. The number of fused-ring (bicyclic) bond motifs is 1. The van der Waals surface area contributed by atoms with Gasteiger partial charge >= 0.3 is 0 Å². The second-order valence-electron chi connectivity index (χ2n) is 7.92. The molecule has 0 unspecified atom stereocenters. The molecule has 0 saturated carbocycles. The first-order valence-corrected chi connectivity index (χ1v) is 11.7. The fourth-order valence-electron chi connectivity index (χ4n) is 3.90. The molecule has 3 heterocycles. The summed E-state index contributed by atoms with van der Waals surface area (Å²) in [6.07, 6.45) is 7.17. The van der Waals surface area contributed by atoms with Gasteiger partial charge in [-0.2, -0.15) is 0 Å². The number of rotatable bonds is 6. The molecule has 8 heteroatoms. The summed E-state index contributed by atoms with van der Waals surface area (Å²) in [4.78, 5) is 17.1. The van der Waals surface area contributed by atoms with E-state index in [-0.39, 0.29) is 11.7 Å². The topological polar surface area (TPSA) is 77.6 Å². The number of aromatic nitrogens is 5. The van der Waals surface area contributed by atoms with Gasteiger partial charge in [0.15, 0.2) is 5.16 Å². The van der Waals surface area contributed by atoms with Crippen LogP contribution in [0.4, 0.5) is 5.69 Å². The Morgan fingerprint density at radius 1 is 1.09 bits per heavy atom. The molecule has 2 aromatic carbocycles. The standard InChI is InChI=1S/C24H24N6OS/c1-17-5-11-20(12-6-17)30-16-26-28-24(30)32-15-22(31)27-19-9-7-18(8-10-19)23-25-14-21-4-2-3-13-29(21)23/h5-12,14,16H,2-4,13,15H2,1H3,(H,27,31). The molecule has 0 saturated heterocycles. The maximum Gasteiger partial charge on any atom is 0.234 e. The minimum Gasteiger partial charge on any atom is -0.328 e. The van der Waals surface area contributed by atoms with Crippen molar-refractivity contribution >= 4 is 23.4 Å². The first kappa shape index (κ1) is 20.5. The second kappa shape index (κ2) is 9.00. The number of anilines is 1. The molecule has 1 N–H and O–H groups in total. The van der Waals surface area contributed by atoms with Crippen LogP contribution in [0.3, 0.4) is 0 Å². The first-order chi connectivity index (χ1) is 15.7. The van der Waals surface area contributed by atoms with E-state index in [4.69, 9.17) is 0 Å². The van der Waals surface area contributed by atoms with Crippen LogP contribution >= 0.6 is 11.8 Å². The van der Waals surface area contributed by atoms with E-state index in [0.29, 0.717) is 5.16 Å². The van der Waals surface area contributed by atoms with Crippen LogP contribution in [0.1, 0.15) is 24.1 Å². The van der Waals surface area contributed by atoms with Crippen molar-refractivity contribution in [1.82, 2.24) is 24.3 Å². The lowest BCUT2D eigenvalue weighted by Crippen LogP contribution is -2.14. The van der Waals surface area contributed by atoms with Crippen LogP contribution in [0.2, 0.25) is 0 Å². The van der Waals surface area contributed by atoms with Gasteiger partial charge in [0.25, 0.3) is 0 Å². The molecule has 0 spiro atoms. The quantitative estimate of drug-likeness (QED) is 0.443. The molecule has 0 fully saturated rings. The summed E-state index contributed by atoms with van der Waals surface area (Å²) in [5.41, 5.74) is 5.30. The number of imidazole rings is 1. The van der Waals surface area contributed by atoms with Crippen molar-refractivity contribution in [3.8, 4) is 17.1 Å². The Morgan fingerprint density at radius 2 is 1.91 bits per heavy atom. The highest BCUT2D eigenvalue weighted by Gasteiger charge is 2.15. The second-order valence-corrected chi connectivity index (χ2v) is 8.86. The van der Waals surface area contributed by atoms with Crippen LogP contribution in [-0.4, -0.2) is 36.0 Å². The summed E-state index contributed by atoms with van der Waals surface area (Å²) >= 11 is 1.36. The number of carbonyl (C=O) groups is 1. The highest BCUT2D eigenvalue weighted by atomic mass is 32.2. The zero-order valence-corrected chi connectivity index (χ0v) is 18.7. The Kier molecular flexibility index (Phi) is 5.77. The highest BCUT2D eigenvalue weighted by Crippen LogP contribution is 2.26. The molecule has 1 amide bonds. The molecule has 0 bridgehead atoms. The predicted octanol–water partition coefficient (Wildman–Crippen LogP) is 4.51. The molecule has 162 valence electrons. The van der Waals surface area contributed by atoms with Gasteiger partial charge < -0.3 is 9.88 Å². The molecule has 5 rings (SSSR count). The normalized spacial score (nSPS) is 13.0. The van der Waals surface area contributed by atoms with E-state index < -0.39 is 0 Å². The van der Waals surface area contributed by atoms with Gasteiger partial charge in [0, 0.05) is 35.4 Å². The first-order valence-electron chi connectivity index (χ1n) is 10.7. The number of thioether (sulfide) groups is 1. The average Bonchev–Trinajstić information content (AvgIpc) is 3.46. The fraction of sp³-hybridized carbons (Fsp3) is 0.250. The predicted molar refractivity (Wildman–Crippen MR) is 126 cm³/mol. The van der Waals surface area contributed by atoms with Gasteiger partial charge in [0.2, 0.25) is 5.91 Å². The Bertz CT molecular complexity index is 1230. The number of benzene rings is 2. The summed E-state index contributed by atoms with van der Waals surface area (Å²) in [5, 5.41) is 11.8. The van der Waals surface area contributed by atoms with Gasteiger partial charge in [0.1, 0.15) is 12.2 Å². The van der Waals surface area contributed by atoms with Crippen LogP contribution < -0.4 is 5.32 Å². The Hall–Kier alpha value is -3.39. The number of nitrogens with one attached hydrogen (secondary N) is 1. The van der Waals surface area contributed by atoms with E-state index in [1.54, 1.807) is 6.33 Å². The van der Waals surface area contributed by atoms with Crippen molar-refractivity contribution in [1.29, 1.82) is 0 Å². The lowest BCUT2D eigenvalue weighted by atomic mass is 10.1. The smallest absolute Gasteiger partial charge is 0.234 e. The fourth-order valence-corrected chi connectivity index (χ4v) is 4.63. The molecule has 1 aliphatic heterocycles. The number of nitrogens with zero attached hydrogens (tertiary/aromatic N) is 5. The average molecular weight is 445 g/mol. The Labute approximate surface area is 190 Å². The van der Waals surface area contributed by atoms with Crippen molar-refractivity contribution < 1.29 is 4.79 Å². The molecular weight excluding hydrogens is 420 g/mol. The summed E-state index contributed by atoms with van der Waals surface area (Å²) in [5.74, 6) is 1.17. The van der Waals surface area contributed by atoms with Crippen LogP contribution in [0, 0.1) is 6.92 Å². The highest BCUT2D eigenvalue weighted by molar-refractivity contribution is 7.99. The van der Waals surface area contributed by atoms with Gasteiger partial charge in [-0.25, -0.2) is 4.98 Å². The third-order valence-electron chi connectivity index (χ3n) is 5.59. The zero-order valence-electron chi connectivity index (χ0n) is 17.9. The van der Waals surface area contributed by atoms with Gasteiger partial charge in [-0.05, 0) is 62.6 Å². The molecule has 1 aliphatic rings. The van der Waals surface area contributed by atoms with E-state index in [9.17, 15) is 4.79 Å². The SMILES string of the molecule is Cc1ccc(-n2cnnc2SCC(=O)Nc2ccc(-c3ncc4n3CCCC4)cc2)cc1. The summed E-state index contributed by atoms with van der Waals surface area (Å²) < 4.78 is 4.19. The minimum atomic E-state index is -0.0839. The van der Waals surface area contributed by atoms with Crippen LogP contribution in [-0.2, 0) is 17.8 Å². The maximum atomic E-state index is 12.5. The number of hydrogen-bond donors (Lipinski definition) is 1. The molecule has 4 aromatic rings. The number of hydrogen-bond acceptors (Lipinski definition) is 5. The summed E-state index contributed by atoms with van der Waals surface area (Å²) in [6, 6.07) is 16.0. The molecule has 2 aromatic heterocycles. The minimum absolute atomic E-state index is 0.0839. The van der Waals surface area contributed by atoms with E-state index in [2.05, 4.69) is 25.1 Å². The molecule has 7 nitrogen and oxygen atoms in total. The van der Waals surface area contributed by atoms with E-state index >= 15 is 0 Å². The Balaban J connectivity index is 1.21. The summed E-state index contributed by atoms with van der Waals surface area (Å²) in [7, 11) is 0. The molecule has 32 heavy (non-hydrogen) atoms. The van der Waals surface area contributed by atoms with E-state index in [1.165, 1.54) is 35.9 Å². The van der Waals surface area contributed by atoms with Crippen molar-refractivity contribution in [2.75, 3.05) is 11.1 Å². The maximum absolute atomic E-state index is 12.5. The van der Waals surface area contributed by atoms with Crippen LogP contribution in [0.15, 0.2) is 66.2 Å². The molecule has 0 aliphatic carbocycles. The zero-order chi connectivity index (χ0) is 21.9. The van der Waals surface area contributed by atoms with E-state index in [1.807, 2.05) is 66.2 Å².